The van der Waals surface area contributed by atoms with Gasteiger partial charge in [-0.2, -0.15) is 0 Å². The second kappa shape index (κ2) is 7.89. The SMILES string of the molecule is C=C[C@H]1CN2CC[C@@]3(O)C(=Nc4cccc(OC)c43)C2C[C@@H]1/C(=C\OC)C(=O)OC. The van der Waals surface area contributed by atoms with Gasteiger partial charge in [0.15, 0.2) is 0 Å². The van der Waals surface area contributed by atoms with Crippen LogP contribution in [0.25, 0.3) is 0 Å². The van der Waals surface area contributed by atoms with Crippen LogP contribution in [0.1, 0.15) is 18.4 Å². The molecule has 4 atom stereocenters. The van der Waals surface area contributed by atoms with Crippen LogP contribution in [0.2, 0.25) is 0 Å². The molecule has 0 radical (unpaired) electrons. The van der Waals surface area contributed by atoms with E-state index < -0.39 is 11.6 Å². The summed E-state index contributed by atoms with van der Waals surface area (Å²) in [5.74, 6) is 0.151. The minimum absolute atomic E-state index is 0.0619. The third-order valence-electron chi connectivity index (χ3n) is 6.63. The van der Waals surface area contributed by atoms with Crippen LogP contribution in [-0.2, 0) is 19.9 Å². The van der Waals surface area contributed by atoms with Crippen molar-refractivity contribution >= 4 is 17.4 Å². The van der Waals surface area contributed by atoms with Crippen LogP contribution in [0.15, 0.2) is 47.7 Å². The fourth-order valence-electron chi connectivity index (χ4n) is 5.21. The van der Waals surface area contributed by atoms with Crippen molar-refractivity contribution in [2.45, 2.75) is 24.5 Å². The highest BCUT2D eigenvalue weighted by Crippen LogP contribution is 2.51. The lowest BCUT2D eigenvalue weighted by atomic mass is 9.71. The first-order valence-electron chi connectivity index (χ1n) is 10.1. The molecule has 0 aromatic heterocycles. The molecule has 0 bridgehead atoms. The van der Waals surface area contributed by atoms with Crippen LogP contribution in [0.3, 0.4) is 0 Å². The van der Waals surface area contributed by atoms with E-state index in [4.69, 9.17) is 19.2 Å². The lowest BCUT2D eigenvalue weighted by Crippen LogP contribution is -2.60. The molecule has 3 heterocycles. The molecule has 1 N–H and O–H groups in total. The monoisotopic (exact) mass is 412 g/mol. The minimum atomic E-state index is -1.16. The van der Waals surface area contributed by atoms with Gasteiger partial charge in [-0.05, 0) is 30.9 Å². The molecule has 1 unspecified atom stereocenters. The first-order valence-corrected chi connectivity index (χ1v) is 10.1. The van der Waals surface area contributed by atoms with Gasteiger partial charge in [-0.3, -0.25) is 9.89 Å². The summed E-state index contributed by atoms with van der Waals surface area (Å²) in [7, 11) is 4.49. The number of ether oxygens (including phenoxy) is 3. The number of benzene rings is 1. The highest BCUT2D eigenvalue weighted by atomic mass is 16.5. The Morgan fingerprint density at radius 2 is 2.17 bits per heavy atom. The molecule has 1 aromatic rings. The second-order valence-corrected chi connectivity index (χ2v) is 8.01. The highest BCUT2D eigenvalue weighted by Gasteiger charge is 2.54. The van der Waals surface area contributed by atoms with Crippen LogP contribution in [-0.4, -0.2) is 62.1 Å². The number of aliphatic imine (C=N–C) groups is 1. The molecule has 2 fully saturated rings. The molecule has 7 heteroatoms. The van der Waals surface area contributed by atoms with Crippen LogP contribution in [0.4, 0.5) is 5.69 Å². The van der Waals surface area contributed by atoms with Crippen molar-refractivity contribution in [1.29, 1.82) is 0 Å². The largest absolute Gasteiger partial charge is 0.504 e. The van der Waals surface area contributed by atoms with E-state index in [-0.39, 0.29) is 17.9 Å². The maximum atomic E-state index is 12.5. The van der Waals surface area contributed by atoms with Crippen LogP contribution < -0.4 is 4.74 Å². The molecule has 3 aliphatic heterocycles. The Morgan fingerprint density at radius 1 is 1.37 bits per heavy atom. The third kappa shape index (κ3) is 3.04. The quantitative estimate of drug-likeness (QED) is 0.347. The summed E-state index contributed by atoms with van der Waals surface area (Å²) in [5, 5.41) is 11.7. The van der Waals surface area contributed by atoms with Crippen molar-refractivity contribution in [3.63, 3.8) is 0 Å². The summed E-state index contributed by atoms with van der Waals surface area (Å²) < 4.78 is 15.7. The Morgan fingerprint density at radius 3 is 2.83 bits per heavy atom. The van der Waals surface area contributed by atoms with E-state index in [0.717, 1.165) is 30.1 Å². The third-order valence-corrected chi connectivity index (χ3v) is 6.63. The van der Waals surface area contributed by atoms with Gasteiger partial charge in [0.1, 0.15) is 11.4 Å². The standard InChI is InChI=1S/C23H28N2O5/c1-5-14-12-25-10-9-23(27)20-17(7-6-8-19(20)29-3)24-21(23)18(25)11-15(14)16(13-28-2)22(26)30-4/h5-8,13-15,18,27H,1,9-12H2,2-4H3/b16-13+/t14-,15-,18?,23-/m0/s1. The first kappa shape index (κ1) is 20.6. The van der Waals surface area contributed by atoms with Crippen LogP contribution >= 0.6 is 0 Å². The summed E-state index contributed by atoms with van der Waals surface area (Å²) in [4.78, 5) is 19.6. The first-order chi connectivity index (χ1) is 14.5. The van der Waals surface area contributed by atoms with Gasteiger partial charge in [-0.1, -0.05) is 12.1 Å². The van der Waals surface area contributed by atoms with Crippen molar-refractivity contribution in [2.24, 2.45) is 16.8 Å². The summed E-state index contributed by atoms with van der Waals surface area (Å²) >= 11 is 0. The number of carbonyl (C=O) groups is 1. The number of nitrogens with zero attached hydrogens (tertiary/aromatic N) is 2. The molecular formula is C23H28N2O5. The number of aliphatic hydroxyl groups is 1. The number of carbonyl (C=O) groups excluding carboxylic acids is 1. The van der Waals surface area contributed by atoms with E-state index in [1.54, 1.807) is 7.11 Å². The maximum Gasteiger partial charge on any atom is 0.337 e. The van der Waals surface area contributed by atoms with Gasteiger partial charge >= 0.3 is 5.97 Å². The number of fused-ring (bicyclic) bond motifs is 5. The minimum Gasteiger partial charge on any atom is -0.504 e. The van der Waals surface area contributed by atoms with Gasteiger partial charge in [0, 0.05) is 19.0 Å². The highest BCUT2D eigenvalue weighted by molar-refractivity contribution is 6.05. The normalized spacial score (nSPS) is 30.5. The summed E-state index contributed by atoms with van der Waals surface area (Å²) in [6.07, 6.45) is 4.51. The number of rotatable bonds is 5. The van der Waals surface area contributed by atoms with Crippen LogP contribution in [0.5, 0.6) is 5.75 Å². The zero-order valence-electron chi connectivity index (χ0n) is 17.6. The van der Waals surface area contributed by atoms with E-state index in [9.17, 15) is 9.90 Å². The summed E-state index contributed by atoms with van der Waals surface area (Å²) in [6, 6.07) is 5.54. The Kier molecular flexibility index (Phi) is 5.42. The van der Waals surface area contributed by atoms with Crippen LogP contribution in [0, 0.1) is 11.8 Å². The molecule has 4 rings (SSSR count). The van der Waals surface area contributed by atoms with Gasteiger partial charge in [0.25, 0.3) is 0 Å². The Bertz CT molecular complexity index is 924. The number of hydrogen-bond donors (Lipinski definition) is 1. The predicted molar refractivity (Wildman–Crippen MR) is 113 cm³/mol. The number of hydrogen-bond acceptors (Lipinski definition) is 7. The van der Waals surface area contributed by atoms with E-state index >= 15 is 0 Å². The Labute approximate surface area is 176 Å². The van der Waals surface area contributed by atoms with Gasteiger partial charge in [0.05, 0.1) is 56.2 Å². The molecule has 1 aromatic carbocycles. The van der Waals surface area contributed by atoms with E-state index in [1.807, 2.05) is 24.3 Å². The molecule has 0 spiro atoms. The van der Waals surface area contributed by atoms with E-state index in [2.05, 4.69) is 11.5 Å². The molecule has 0 saturated carbocycles. The zero-order valence-corrected chi connectivity index (χ0v) is 17.6. The molecule has 0 aliphatic carbocycles. The topological polar surface area (TPSA) is 80.6 Å². The molecule has 30 heavy (non-hydrogen) atoms. The number of methoxy groups -OCH3 is 3. The van der Waals surface area contributed by atoms with Crippen molar-refractivity contribution in [3.05, 3.63) is 48.3 Å². The zero-order chi connectivity index (χ0) is 21.5. The van der Waals surface area contributed by atoms with Gasteiger partial charge < -0.3 is 19.3 Å². The molecule has 3 aliphatic rings. The van der Waals surface area contributed by atoms with Gasteiger partial charge in [-0.15, -0.1) is 6.58 Å². The van der Waals surface area contributed by atoms with Gasteiger partial charge in [0.2, 0.25) is 0 Å². The number of piperidine rings is 2. The molecule has 7 nitrogen and oxygen atoms in total. The smallest absolute Gasteiger partial charge is 0.337 e. The lowest BCUT2D eigenvalue weighted by molar-refractivity contribution is -0.137. The van der Waals surface area contributed by atoms with Crippen molar-refractivity contribution < 1.29 is 24.1 Å². The van der Waals surface area contributed by atoms with Gasteiger partial charge in [-0.25, -0.2) is 4.79 Å². The lowest BCUT2D eigenvalue weighted by Gasteiger charge is -2.49. The second-order valence-electron chi connectivity index (χ2n) is 8.01. The van der Waals surface area contributed by atoms with Crippen molar-refractivity contribution in [1.82, 2.24) is 4.90 Å². The van der Waals surface area contributed by atoms with E-state index in [0.29, 0.717) is 24.2 Å². The Balaban J connectivity index is 1.73. The fourth-order valence-corrected chi connectivity index (χ4v) is 5.21. The summed E-state index contributed by atoms with van der Waals surface area (Å²) in [5.41, 5.74) is 1.53. The van der Waals surface area contributed by atoms with Crippen molar-refractivity contribution in [3.8, 4) is 5.75 Å². The summed E-state index contributed by atoms with van der Waals surface area (Å²) in [6.45, 7) is 5.43. The molecule has 160 valence electrons. The Hall–Kier alpha value is -2.64. The van der Waals surface area contributed by atoms with Crippen molar-refractivity contribution in [2.75, 3.05) is 34.4 Å². The fraction of sp³-hybridized carbons (Fsp3) is 0.478. The maximum absolute atomic E-state index is 12.5. The molecule has 0 amide bonds. The molecular weight excluding hydrogens is 384 g/mol. The number of esters is 1. The van der Waals surface area contributed by atoms with E-state index in [1.165, 1.54) is 20.5 Å². The predicted octanol–water partition coefficient (Wildman–Crippen LogP) is 2.57. The average Bonchev–Trinajstić information content (AvgIpc) is 3.09. The average molecular weight is 412 g/mol. The molecule has 2 saturated heterocycles.